The van der Waals surface area contributed by atoms with E-state index in [1.165, 1.54) is 0 Å². The summed E-state index contributed by atoms with van der Waals surface area (Å²) in [6.45, 7) is 0.655. The monoisotopic (exact) mass is 276 g/mol. The first kappa shape index (κ1) is 13.0. The van der Waals surface area contributed by atoms with Crippen LogP contribution in [0.2, 0.25) is 0 Å². The van der Waals surface area contributed by atoms with Gasteiger partial charge in [-0.05, 0) is 23.8 Å². The maximum atomic E-state index is 11.1. The zero-order valence-electron chi connectivity index (χ0n) is 11.2. The van der Waals surface area contributed by atoms with Crippen molar-refractivity contribution in [2.45, 2.75) is 24.7 Å². The Morgan fingerprint density at radius 3 is 2.90 bits per heavy atom. The van der Waals surface area contributed by atoms with Gasteiger partial charge in [0.05, 0.1) is 13.7 Å². The van der Waals surface area contributed by atoms with Crippen molar-refractivity contribution in [3.63, 3.8) is 0 Å². The second-order valence-corrected chi connectivity index (χ2v) is 4.91. The highest BCUT2D eigenvalue weighted by atomic mass is 16.8. The van der Waals surface area contributed by atoms with Crippen LogP contribution < -0.4 is 4.74 Å². The van der Waals surface area contributed by atoms with Gasteiger partial charge < -0.3 is 18.9 Å². The Hall–Kier alpha value is -2.01. The van der Waals surface area contributed by atoms with E-state index < -0.39 is 11.8 Å². The highest BCUT2D eigenvalue weighted by Crippen LogP contribution is 2.35. The molecule has 0 N–H and O–H groups in total. The summed E-state index contributed by atoms with van der Waals surface area (Å²) in [6.07, 6.45) is 3.50. The van der Waals surface area contributed by atoms with Crippen molar-refractivity contribution in [3.05, 3.63) is 42.0 Å². The van der Waals surface area contributed by atoms with E-state index in [9.17, 15) is 4.79 Å². The molecule has 2 aliphatic rings. The Kier molecular flexibility index (Phi) is 3.36. The normalized spacial score (nSPS) is 27.6. The molecular formula is C15H16O5. The molecule has 20 heavy (non-hydrogen) atoms. The molecule has 1 saturated heterocycles. The minimum absolute atomic E-state index is 0.222. The molecule has 106 valence electrons. The Balaban J connectivity index is 1.66. The van der Waals surface area contributed by atoms with Gasteiger partial charge in [0, 0.05) is 6.42 Å². The molecule has 1 aliphatic carbocycles. The molecule has 1 aliphatic heterocycles. The van der Waals surface area contributed by atoms with E-state index in [2.05, 4.69) is 0 Å². The second kappa shape index (κ2) is 5.17. The van der Waals surface area contributed by atoms with Crippen LogP contribution in [0.1, 0.15) is 12.0 Å². The van der Waals surface area contributed by atoms with Crippen LogP contribution in [0.3, 0.4) is 0 Å². The molecule has 0 bridgehead atoms. The highest BCUT2D eigenvalue weighted by Gasteiger charge is 2.48. The van der Waals surface area contributed by atoms with Crippen LogP contribution in [-0.4, -0.2) is 31.6 Å². The van der Waals surface area contributed by atoms with Crippen molar-refractivity contribution in [2.75, 3.05) is 13.7 Å². The molecular weight excluding hydrogens is 260 g/mol. The number of hydrogen-bond acceptors (Lipinski definition) is 5. The first-order valence-corrected chi connectivity index (χ1v) is 6.49. The van der Waals surface area contributed by atoms with E-state index >= 15 is 0 Å². The predicted octanol–water partition coefficient (Wildman–Crippen LogP) is 2.45. The van der Waals surface area contributed by atoms with Crippen LogP contribution >= 0.6 is 0 Å². The SMILES string of the molecule is COc1ccc(CO[C@]23CC=C[C@H]2OC(=O)OC3)cc1. The minimum atomic E-state index is -0.634. The molecule has 0 spiro atoms. The molecule has 0 aromatic heterocycles. The van der Waals surface area contributed by atoms with Gasteiger partial charge in [0.1, 0.15) is 18.0 Å². The largest absolute Gasteiger partial charge is 0.509 e. The Bertz CT molecular complexity index is 522. The van der Waals surface area contributed by atoms with Gasteiger partial charge in [0.15, 0.2) is 6.10 Å². The van der Waals surface area contributed by atoms with Crippen molar-refractivity contribution in [2.24, 2.45) is 0 Å². The molecule has 1 aromatic rings. The summed E-state index contributed by atoms with van der Waals surface area (Å²) in [6, 6.07) is 7.67. The number of methoxy groups -OCH3 is 1. The van der Waals surface area contributed by atoms with Crippen LogP contribution in [0.25, 0.3) is 0 Å². The van der Waals surface area contributed by atoms with E-state index in [4.69, 9.17) is 18.9 Å². The van der Waals surface area contributed by atoms with E-state index in [0.29, 0.717) is 13.0 Å². The lowest BCUT2D eigenvalue weighted by Crippen LogP contribution is -2.51. The zero-order chi connectivity index (χ0) is 14.0. The van der Waals surface area contributed by atoms with Crippen molar-refractivity contribution in [1.82, 2.24) is 0 Å². The zero-order valence-corrected chi connectivity index (χ0v) is 11.2. The molecule has 1 heterocycles. The fourth-order valence-corrected chi connectivity index (χ4v) is 2.42. The second-order valence-electron chi connectivity index (χ2n) is 4.91. The Labute approximate surface area is 117 Å². The summed E-state index contributed by atoms with van der Waals surface area (Å²) in [4.78, 5) is 11.1. The van der Waals surface area contributed by atoms with Gasteiger partial charge in [0.2, 0.25) is 0 Å². The van der Waals surface area contributed by atoms with Gasteiger partial charge in [0.25, 0.3) is 0 Å². The summed E-state index contributed by atoms with van der Waals surface area (Å²) in [7, 11) is 1.63. The summed E-state index contributed by atoms with van der Waals surface area (Å²) in [5.41, 5.74) is 0.441. The van der Waals surface area contributed by atoms with Gasteiger partial charge in [-0.25, -0.2) is 4.79 Å². The number of carbonyl (C=O) groups excluding carboxylic acids is 1. The van der Waals surface area contributed by atoms with E-state index in [1.807, 2.05) is 36.4 Å². The average molecular weight is 276 g/mol. The van der Waals surface area contributed by atoms with E-state index in [0.717, 1.165) is 11.3 Å². The predicted molar refractivity (Wildman–Crippen MR) is 70.5 cm³/mol. The molecule has 0 radical (unpaired) electrons. The Morgan fingerprint density at radius 1 is 1.35 bits per heavy atom. The molecule has 1 aromatic carbocycles. The maximum absolute atomic E-state index is 11.1. The molecule has 2 atom stereocenters. The maximum Gasteiger partial charge on any atom is 0.509 e. The van der Waals surface area contributed by atoms with Crippen molar-refractivity contribution in [1.29, 1.82) is 0 Å². The summed E-state index contributed by atoms with van der Waals surface area (Å²) in [5.74, 6) is 0.808. The standard InChI is InChI=1S/C15H16O5/c1-17-12-6-4-11(5-7-12)9-19-15-8-2-3-13(15)20-14(16)18-10-15/h2-7,13H,8-10H2,1H3/t13-,15+/m1/s1. The molecule has 5 nitrogen and oxygen atoms in total. The first-order chi connectivity index (χ1) is 9.72. The lowest BCUT2D eigenvalue weighted by molar-refractivity contribution is -0.175. The minimum Gasteiger partial charge on any atom is -0.497 e. The lowest BCUT2D eigenvalue weighted by Gasteiger charge is -2.37. The number of rotatable bonds is 4. The van der Waals surface area contributed by atoms with Gasteiger partial charge in [-0.15, -0.1) is 0 Å². The average Bonchev–Trinajstić information content (AvgIpc) is 2.89. The van der Waals surface area contributed by atoms with Crippen LogP contribution in [0.5, 0.6) is 5.75 Å². The molecule has 3 rings (SSSR count). The molecule has 0 unspecified atom stereocenters. The first-order valence-electron chi connectivity index (χ1n) is 6.49. The number of ether oxygens (including phenoxy) is 4. The third kappa shape index (κ3) is 2.36. The molecule has 0 amide bonds. The highest BCUT2D eigenvalue weighted by molar-refractivity contribution is 5.62. The van der Waals surface area contributed by atoms with Gasteiger partial charge in [-0.3, -0.25) is 0 Å². The van der Waals surface area contributed by atoms with Gasteiger partial charge in [-0.1, -0.05) is 18.2 Å². The summed E-state index contributed by atoms with van der Waals surface area (Å²) < 4.78 is 21.2. The third-order valence-corrected chi connectivity index (χ3v) is 3.64. The van der Waals surface area contributed by atoms with Gasteiger partial charge >= 0.3 is 6.16 Å². The fraction of sp³-hybridized carbons (Fsp3) is 0.400. The number of carbonyl (C=O) groups is 1. The molecule has 0 saturated carbocycles. The van der Waals surface area contributed by atoms with Crippen molar-refractivity contribution >= 4 is 6.16 Å². The van der Waals surface area contributed by atoms with Crippen LogP contribution in [-0.2, 0) is 20.8 Å². The van der Waals surface area contributed by atoms with Crippen molar-refractivity contribution in [3.8, 4) is 5.75 Å². The number of fused-ring (bicyclic) bond motifs is 1. The number of cyclic esters (lactones) is 1. The topological polar surface area (TPSA) is 54.0 Å². The van der Waals surface area contributed by atoms with Crippen molar-refractivity contribution < 1.29 is 23.7 Å². The number of hydrogen-bond donors (Lipinski definition) is 0. The van der Waals surface area contributed by atoms with Crippen LogP contribution in [0, 0.1) is 0 Å². The Morgan fingerprint density at radius 2 is 2.15 bits per heavy atom. The van der Waals surface area contributed by atoms with Crippen LogP contribution in [0.15, 0.2) is 36.4 Å². The summed E-state index contributed by atoms with van der Waals surface area (Å²) in [5, 5.41) is 0. The molecule has 5 heteroatoms. The van der Waals surface area contributed by atoms with Gasteiger partial charge in [-0.2, -0.15) is 0 Å². The van der Waals surface area contributed by atoms with E-state index in [-0.39, 0.29) is 12.7 Å². The quantitative estimate of drug-likeness (QED) is 0.624. The van der Waals surface area contributed by atoms with Crippen LogP contribution in [0.4, 0.5) is 4.79 Å². The number of benzene rings is 1. The third-order valence-electron chi connectivity index (χ3n) is 3.64. The molecule has 1 fully saturated rings. The lowest BCUT2D eigenvalue weighted by atomic mass is 9.98. The smallest absolute Gasteiger partial charge is 0.497 e. The fourth-order valence-electron chi connectivity index (χ4n) is 2.42. The summed E-state index contributed by atoms with van der Waals surface area (Å²) >= 11 is 0. The van der Waals surface area contributed by atoms with E-state index in [1.54, 1.807) is 7.11 Å².